The third-order valence-electron chi connectivity index (χ3n) is 4.01. The Kier molecular flexibility index (Phi) is 5.28. The molecule has 0 radical (unpaired) electrons. The van der Waals surface area contributed by atoms with E-state index in [-0.39, 0.29) is 24.9 Å². The first-order chi connectivity index (χ1) is 10.8. The molecule has 23 heavy (non-hydrogen) atoms. The van der Waals surface area contributed by atoms with Gasteiger partial charge in [-0.2, -0.15) is 13.2 Å². The minimum atomic E-state index is -4.81. The molecule has 126 valence electrons. The number of likely N-dealkylation sites (tertiary alicyclic amines) is 1. The number of halogens is 3. The average Bonchev–Trinajstić information content (AvgIpc) is 2.52. The molecule has 7 heteroatoms. The number of benzene rings is 1. The van der Waals surface area contributed by atoms with Gasteiger partial charge in [0.15, 0.2) is 0 Å². The lowest BCUT2D eigenvalue weighted by atomic mass is 9.96. The Morgan fingerprint density at radius 3 is 2.26 bits per heavy atom. The molecule has 1 aromatic carbocycles. The fourth-order valence-corrected chi connectivity index (χ4v) is 2.56. The lowest BCUT2D eigenvalue weighted by Crippen LogP contribution is -2.46. The lowest BCUT2D eigenvalue weighted by Gasteiger charge is -2.32. The number of alkyl halides is 3. The number of amides is 2. The van der Waals surface area contributed by atoms with E-state index in [0.29, 0.717) is 24.9 Å². The molecule has 1 aliphatic rings. The van der Waals surface area contributed by atoms with Gasteiger partial charge in [-0.25, -0.2) is 0 Å². The summed E-state index contributed by atoms with van der Waals surface area (Å²) < 4.78 is 37.1. The van der Waals surface area contributed by atoms with Crippen LogP contribution in [0.1, 0.15) is 28.8 Å². The van der Waals surface area contributed by atoms with Crippen LogP contribution in [0.5, 0.6) is 0 Å². The molecule has 1 aromatic rings. The van der Waals surface area contributed by atoms with Crippen LogP contribution in [-0.2, 0) is 4.79 Å². The van der Waals surface area contributed by atoms with Crippen molar-refractivity contribution in [3.63, 3.8) is 0 Å². The Morgan fingerprint density at radius 1 is 1.17 bits per heavy atom. The number of nitrogens with one attached hydrogen (secondary N) is 1. The summed E-state index contributed by atoms with van der Waals surface area (Å²) in [7, 11) is 0. The first kappa shape index (κ1) is 17.3. The SMILES string of the molecule is Cc1ccc(C(=O)NCC2CCN(C(=O)C(F)(F)F)CC2)cc1. The van der Waals surface area contributed by atoms with E-state index in [1.165, 1.54) is 0 Å². The minimum Gasteiger partial charge on any atom is -0.352 e. The van der Waals surface area contributed by atoms with E-state index >= 15 is 0 Å². The predicted molar refractivity (Wildman–Crippen MR) is 78.9 cm³/mol. The molecule has 0 saturated carbocycles. The maximum Gasteiger partial charge on any atom is 0.471 e. The molecule has 1 heterocycles. The molecule has 0 aliphatic carbocycles. The van der Waals surface area contributed by atoms with Crippen LogP contribution >= 0.6 is 0 Å². The molecule has 1 fully saturated rings. The lowest BCUT2D eigenvalue weighted by molar-refractivity contribution is -0.186. The number of hydrogen-bond acceptors (Lipinski definition) is 2. The molecule has 2 rings (SSSR count). The molecule has 2 amide bonds. The van der Waals surface area contributed by atoms with Crippen molar-refractivity contribution in [3.05, 3.63) is 35.4 Å². The van der Waals surface area contributed by atoms with Gasteiger partial charge in [0.25, 0.3) is 5.91 Å². The summed E-state index contributed by atoms with van der Waals surface area (Å²) in [6, 6.07) is 7.15. The number of aryl methyl sites for hydroxylation is 1. The van der Waals surface area contributed by atoms with Crippen molar-refractivity contribution in [2.45, 2.75) is 25.9 Å². The van der Waals surface area contributed by atoms with Gasteiger partial charge in [0.1, 0.15) is 0 Å². The summed E-state index contributed by atoms with van der Waals surface area (Å²) in [6.07, 6.45) is -3.90. The Hall–Kier alpha value is -2.05. The molecular formula is C16H19F3N2O2. The van der Waals surface area contributed by atoms with Gasteiger partial charge in [0.2, 0.25) is 0 Å². The second-order valence-electron chi connectivity index (χ2n) is 5.81. The fourth-order valence-electron chi connectivity index (χ4n) is 2.56. The zero-order valence-corrected chi connectivity index (χ0v) is 12.8. The molecule has 0 unspecified atom stereocenters. The van der Waals surface area contributed by atoms with Crippen molar-refractivity contribution < 1.29 is 22.8 Å². The Balaban J connectivity index is 1.77. The third kappa shape index (κ3) is 4.71. The van der Waals surface area contributed by atoms with Gasteiger partial charge in [-0.3, -0.25) is 9.59 Å². The Labute approximate surface area is 132 Å². The molecule has 1 aliphatic heterocycles. The molecule has 0 bridgehead atoms. The standard InChI is InChI=1S/C16H19F3N2O2/c1-11-2-4-13(5-3-11)14(22)20-10-12-6-8-21(9-7-12)15(23)16(17,18)19/h2-5,12H,6-10H2,1H3,(H,20,22). The smallest absolute Gasteiger partial charge is 0.352 e. The Morgan fingerprint density at radius 2 is 1.74 bits per heavy atom. The predicted octanol–water partition coefficient (Wildman–Crippen LogP) is 2.53. The van der Waals surface area contributed by atoms with Gasteiger partial charge in [0, 0.05) is 25.2 Å². The van der Waals surface area contributed by atoms with Crippen molar-refractivity contribution in [3.8, 4) is 0 Å². The number of carbonyl (C=O) groups is 2. The van der Waals surface area contributed by atoms with E-state index in [2.05, 4.69) is 5.32 Å². The highest BCUT2D eigenvalue weighted by Gasteiger charge is 2.43. The van der Waals surface area contributed by atoms with Crippen molar-refractivity contribution in [1.82, 2.24) is 10.2 Å². The molecule has 0 atom stereocenters. The van der Waals surface area contributed by atoms with Crippen LogP contribution < -0.4 is 5.32 Å². The van der Waals surface area contributed by atoms with Crippen molar-refractivity contribution in [2.75, 3.05) is 19.6 Å². The highest BCUT2D eigenvalue weighted by molar-refractivity contribution is 5.94. The first-order valence-corrected chi connectivity index (χ1v) is 7.48. The fraction of sp³-hybridized carbons (Fsp3) is 0.500. The average molecular weight is 328 g/mol. The molecular weight excluding hydrogens is 309 g/mol. The first-order valence-electron chi connectivity index (χ1n) is 7.48. The van der Waals surface area contributed by atoms with Gasteiger partial charge in [0.05, 0.1) is 0 Å². The zero-order valence-electron chi connectivity index (χ0n) is 12.8. The van der Waals surface area contributed by atoms with Gasteiger partial charge >= 0.3 is 12.1 Å². The quantitative estimate of drug-likeness (QED) is 0.927. The van der Waals surface area contributed by atoms with Crippen molar-refractivity contribution >= 4 is 11.8 Å². The maximum atomic E-state index is 12.4. The van der Waals surface area contributed by atoms with Gasteiger partial charge in [-0.05, 0) is 37.8 Å². The van der Waals surface area contributed by atoms with Gasteiger partial charge < -0.3 is 10.2 Å². The summed E-state index contributed by atoms with van der Waals surface area (Å²) in [5.41, 5.74) is 1.61. The van der Waals surface area contributed by atoms with Gasteiger partial charge in [-0.15, -0.1) is 0 Å². The van der Waals surface area contributed by atoms with Crippen LogP contribution in [0, 0.1) is 12.8 Å². The van der Waals surface area contributed by atoms with Crippen molar-refractivity contribution in [2.24, 2.45) is 5.92 Å². The van der Waals surface area contributed by atoms with Crippen LogP contribution in [0.2, 0.25) is 0 Å². The van der Waals surface area contributed by atoms with E-state index in [1.54, 1.807) is 12.1 Å². The number of nitrogens with zero attached hydrogens (tertiary/aromatic N) is 1. The van der Waals surface area contributed by atoms with E-state index in [4.69, 9.17) is 0 Å². The van der Waals surface area contributed by atoms with Crippen LogP contribution in [0.3, 0.4) is 0 Å². The second-order valence-corrected chi connectivity index (χ2v) is 5.81. The maximum absolute atomic E-state index is 12.4. The molecule has 0 spiro atoms. The summed E-state index contributed by atoms with van der Waals surface area (Å²) in [6.45, 7) is 2.48. The highest BCUT2D eigenvalue weighted by atomic mass is 19.4. The van der Waals surface area contributed by atoms with E-state index in [9.17, 15) is 22.8 Å². The largest absolute Gasteiger partial charge is 0.471 e. The summed E-state index contributed by atoms with van der Waals surface area (Å²) in [5, 5.41) is 2.80. The highest BCUT2D eigenvalue weighted by Crippen LogP contribution is 2.23. The van der Waals surface area contributed by atoms with E-state index < -0.39 is 12.1 Å². The normalized spacial score (nSPS) is 16.3. The van der Waals surface area contributed by atoms with Crippen LogP contribution in [0.15, 0.2) is 24.3 Å². The summed E-state index contributed by atoms with van der Waals surface area (Å²) >= 11 is 0. The number of rotatable bonds is 3. The third-order valence-corrected chi connectivity index (χ3v) is 4.01. The zero-order chi connectivity index (χ0) is 17.0. The topological polar surface area (TPSA) is 49.4 Å². The molecule has 0 aromatic heterocycles. The summed E-state index contributed by atoms with van der Waals surface area (Å²) in [4.78, 5) is 23.9. The second kappa shape index (κ2) is 7.02. The van der Waals surface area contributed by atoms with Crippen LogP contribution in [-0.4, -0.2) is 42.5 Å². The number of piperidine rings is 1. The van der Waals surface area contributed by atoms with Crippen molar-refractivity contribution in [1.29, 1.82) is 0 Å². The monoisotopic (exact) mass is 328 g/mol. The number of hydrogen-bond donors (Lipinski definition) is 1. The van der Waals surface area contributed by atoms with Crippen LogP contribution in [0.25, 0.3) is 0 Å². The Bertz CT molecular complexity index is 562. The molecule has 1 saturated heterocycles. The van der Waals surface area contributed by atoms with Gasteiger partial charge in [-0.1, -0.05) is 17.7 Å². The number of carbonyl (C=O) groups excluding carboxylic acids is 2. The minimum absolute atomic E-state index is 0.0728. The summed E-state index contributed by atoms with van der Waals surface area (Å²) in [5.74, 6) is -1.89. The van der Waals surface area contributed by atoms with E-state index in [0.717, 1.165) is 10.5 Å². The molecule has 1 N–H and O–H groups in total. The van der Waals surface area contributed by atoms with E-state index in [1.807, 2.05) is 19.1 Å². The molecule has 4 nitrogen and oxygen atoms in total. The van der Waals surface area contributed by atoms with Crippen LogP contribution in [0.4, 0.5) is 13.2 Å².